The number of phenolic OH excluding ortho intramolecular Hbond substituents is 1. The summed E-state index contributed by atoms with van der Waals surface area (Å²) in [4.78, 5) is 17.9. The second-order valence-corrected chi connectivity index (χ2v) is 10.3. The molecule has 2 heterocycles. The van der Waals surface area contributed by atoms with Crippen LogP contribution < -0.4 is 5.56 Å². The van der Waals surface area contributed by atoms with Crippen LogP contribution in [0.15, 0.2) is 78.4 Å². The lowest BCUT2D eigenvalue weighted by Gasteiger charge is -2.33. The van der Waals surface area contributed by atoms with Gasteiger partial charge >= 0.3 is 0 Å². The van der Waals surface area contributed by atoms with Crippen LogP contribution in [0.3, 0.4) is 0 Å². The fourth-order valence-electron chi connectivity index (χ4n) is 5.51. The zero-order valence-electron chi connectivity index (χ0n) is 21.4. The summed E-state index contributed by atoms with van der Waals surface area (Å²) in [5.74, 6) is -3.14. The maximum absolute atomic E-state index is 14.4. The molecule has 0 amide bonds. The number of hydrogen-bond donors (Lipinski definition) is 1. The number of fused-ring (bicyclic) bond motifs is 1. The predicted octanol–water partition coefficient (Wildman–Crippen LogP) is 7.11. The van der Waals surface area contributed by atoms with Gasteiger partial charge in [-0.3, -0.25) is 9.78 Å². The van der Waals surface area contributed by atoms with Crippen molar-refractivity contribution < 1.29 is 13.9 Å². The molecular formula is C31H31F2N3O2. The van der Waals surface area contributed by atoms with Gasteiger partial charge in [-0.1, -0.05) is 48.0 Å². The molecule has 38 heavy (non-hydrogen) atoms. The number of rotatable bonds is 7. The van der Waals surface area contributed by atoms with Crippen molar-refractivity contribution >= 4 is 0 Å². The van der Waals surface area contributed by atoms with E-state index in [4.69, 9.17) is 5.10 Å². The smallest absolute Gasteiger partial charge is 0.277 e. The minimum Gasteiger partial charge on any atom is -0.508 e. The Bertz CT molecular complexity index is 1450. The molecule has 196 valence electrons. The Hall–Kier alpha value is -3.87. The van der Waals surface area contributed by atoms with E-state index in [1.54, 1.807) is 36.7 Å². The van der Waals surface area contributed by atoms with Crippen LogP contribution >= 0.6 is 0 Å². The van der Waals surface area contributed by atoms with E-state index in [2.05, 4.69) is 11.6 Å². The molecule has 1 fully saturated rings. The van der Waals surface area contributed by atoms with Gasteiger partial charge in [0, 0.05) is 42.4 Å². The molecule has 0 spiro atoms. The van der Waals surface area contributed by atoms with Gasteiger partial charge in [0.15, 0.2) is 0 Å². The monoisotopic (exact) mass is 515 g/mol. The van der Waals surface area contributed by atoms with Crippen molar-refractivity contribution in [3.63, 3.8) is 0 Å². The fraction of sp³-hybridized carbons (Fsp3) is 0.323. The molecule has 2 aromatic rings. The second kappa shape index (κ2) is 10.5. The van der Waals surface area contributed by atoms with Gasteiger partial charge in [0.2, 0.25) is 0 Å². The van der Waals surface area contributed by atoms with Crippen molar-refractivity contribution in [2.75, 3.05) is 0 Å². The number of hydrogen-bond acceptors (Lipinski definition) is 4. The molecule has 2 aromatic carbocycles. The van der Waals surface area contributed by atoms with Gasteiger partial charge in [-0.15, -0.1) is 6.58 Å². The molecule has 1 aliphatic carbocycles. The number of aromatic hydroxyl groups is 1. The minimum absolute atomic E-state index is 0.100. The topological polar surface area (TPSA) is 68.0 Å². The van der Waals surface area contributed by atoms with Crippen molar-refractivity contribution in [3.05, 3.63) is 89.5 Å². The Morgan fingerprint density at radius 2 is 1.63 bits per heavy atom. The number of alkyl halides is 2. The van der Waals surface area contributed by atoms with Gasteiger partial charge in [-0.05, 0) is 61.8 Å². The van der Waals surface area contributed by atoms with Crippen LogP contribution in [0.5, 0.6) is 5.75 Å². The summed E-state index contributed by atoms with van der Waals surface area (Å²) in [5.41, 5.74) is 5.13. The highest BCUT2D eigenvalue weighted by atomic mass is 19.3. The number of nitrogens with zero attached hydrogens (tertiary/aromatic N) is 3. The lowest BCUT2D eigenvalue weighted by Crippen LogP contribution is -2.33. The number of benzene rings is 2. The molecule has 2 aliphatic heterocycles. The summed E-state index contributed by atoms with van der Waals surface area (Å²) in [6, 6.07) is 14.9. The molecule has 0 bridgehead atoms. The third-order valence-corrected chi connectivity index (χ3v) is 7.66. The maximum atomic E-state index is 14.4. The molecule has 7 heteroatoms. The molecule has 1 saturated carbocycles. The van der Waals surface area contributed by atoms with Crippen LogP contribution in [0.25, 0.3) is 33.5 Å². The van der Waals surface area contributed by atoms with Crippen LogP contribution in [-0.2, 0) is 6.54 Å². The van der Waals surface area contributed by atoms with E-state index in [0.717, 1.165) is 27.8 Å². The van der Waals surface area contributed by atoms with Gasteiger partial charge in [-0.2, -0.15) is 5.10 Å². The second-order valence-electron chi connectivity index (χ2n) is 10.3. The van der Waals surface area contributed by atoms with Crippen molar-refractivity contribution in [2.45, 2.75) is 51.5 Å². The van der Waals surface area contributed by atoms with Gasteiger partial charge in [-0.25, -0.2) is 13.5 Å². The van der Waals surface area contributed by atoms with Crippen LogP contribution in [0.2, 0.25) is 0 Å². The number of aromatic nitrogens is 3. The van der Waals surface area contributed by atoms with Crippen LogP contribution in [0.1, 0.15) is 37.7 Å². The standard InChI is InChI=1S/C31H31F2N3O2/c1-3-16-31(32,33)24-12-6-21(7-13-24)19-36-30(38)27-18-34-17-26(22-8-4-20(2)5-9-22)28(29(27)35-36)23-10-14-25(37)15-11-23/h3-5,8-11,14-15,17-18,21,24,37H,1,6-7,12-13,16,19H2,2H3. The summed E-state index contributed by atoms with van der Waals surface area (Å²) in [7, 11) is 0. The Kier molecular flexibility index (Phi) is 7.11. The number of allylic oxidation sites excluding steroid dienone is 1. The Morgan fingerprint density at radius 3 is 2.29 bits per heavy atom. The highest BCUT2D eigenvalue weighted by Crippen LogP contribution is 2.42. The third kappa shape index (κ3) is 5.10. The first-order valence-electron chi connectivity index (χ1n) is 13.0. The van der Waals surface area contributed by atoms with Crippen LogP contribution in [0, 0.1) is 18.8 Å². The molecule has 0 atom stereocenters. The average Bonchev–Trinajstić information content (AvgIpc) is 3.07. The van der Waals surface area contributed by atoms with Crippen molar-refractivity contribution in [1.29, 1.82) is 0 Å². The summed E-state index contributed by atoms with van der Waals surface area (Å²) >= 11 is 0. The van der Waals surface area contributed by atoms with E-state index < -0.39 is 11.8 Å². The zero-order valence-corrected chi connectivity index (χ0v) is 21.4. The predicted molar refractivity (Wildman–Crippen MR) is 145 cm³/mol. The maximum Gasteiger partial charge on any atom is 0.277 e. The summed E-state index contributed by atoms with van der Waals surface area (Å²) in [6.45, 7) is 5.87. The van der Waals surface area contributed by atoms with Gasteiger partial charge < -0.3 is 5.11 Å². The van der Waals surface area contributed by atoms with Crippen molar-refractivity contribution in [3.8, 4) is 39.3 Å². The molecular weight excluding hydrogens is 484 g/mol. The van der Waals surface area contributed by atoms with Crippen molar-refractivity contribution in [1.82, 2.24) is 14.8 Å². The Morgan fingerprint density at radius 1 is 1.00 bits per heavy atom. The molecule has 0 radical (unpaired) electrons. The Balaban J connectivity index is 1.53. The van der Waals surface area contributed by atoms with E-state index in [1.807, 2.05) is 31.2 Å². The third-order valence-electron chi connectivity index (χ3n) is 7.66. The Labute approximate surface area is 220 Å². The lowest BCUT2D eigenvalue weighted by molar-refractivity contribution is -0.0727. The molecule has 0 unspecified atom stereocenters. The quantitative estimate of drug-likeness (QED) is 0.266. The first-order valence-corrected chi connectivity index (χ1v) is 13.0. The summed E-state index contributed by atoms with van der Waals surface area (Å²) in [6.07, 6.45) is 6.37. The van der Waals surface area contributed by atoms with Gasteiger partial charge in [0.25, 0.3) is 11.5 Å². The largest absolute Gasteiger partial charge is 0.508 e. The van der Waals surface area contributed by atoms with Crippen LogP contribution in [0.4, 0.5) is 8.78 Å². The number of halogens is 2. The SMILES string of the molecule is C=CCC(F)(F)C1CCC(Cn2nc3c(-c4ccc(O)cc4)c(-c4ccc(C)cc4)cncc-3c2=O)CC1. The average molecular weight is 516 g/mol. The lowest BCUT2D eigenvalue weighted by atomic mass is 9.78. The van der Waals surface area contributed by atoms with E-state index in [0.29, 0.717) is 43.5 Å². The molecule has 0 saturated heterocycles. The number of aryl methyl sites for hydroxylation is 1. The molecule has 3 aliphatic rings. The highest BCUT2D eigenvalue weighted by molar-refractivity contribution is 5.92. The fourth-order valence-corrected chi connectivity index (χ4v) is 5.51. The highest BCUT2D eigenvalue weighted by Gasteiger charge is 2.40. The van der Waals surface area contributed by atoms with Crippen LogP contribution in [-0.4, -0.2) is 25.8 Å². The summed E-state index contributed by atoms with van der Waals surface area (Å²) in [5, 5.41) is 14.7. The first kappa shape index (κ1) is 25.8. The van der Waals surface area contributed by atoms with Gasteiger partial charge in [0.1, 0.15) is 11.4 Å². The van der Waals surface area contributed by atoms with E-state index >= 15 is 0 Å². The molecule has 5 nitrogen and oxygen atoms in total. The molecule has 5 rings (SSSR count). The van der Waals surface area contributed by atoms with E-state index in [1.165, 1.54) is 10.8 Å². The number of phenols is 1. The first-order chi connectivity index (χ1) is 18.3. The molecule has 1 N–H and O–H groups in total. The van der Waals surface area contributed by atoms with E-state index in [-0.39, 0.29) is 23.6 Å². The molecule has 0 aromatic heterocycles. The van der Waals surface area contributed by atoms with E-state index in [9.17, 15) is 18.7 Å². The van der Waals surface area contributed by atoms with Gasteiger partial charge in [0.05, 0.1) is 5.56 Å². The normalized spacial score (nSPS) is 18.0. The van der Waals surface area contributed by atoms with Crippen molar-refractivity contribution in [2.24, 2.45) is 11.8 Å². The summed E-state index contributed by atoms with van der Waals surface area (Å²) < 4.78 is 30.2. The minimum atomic E-state index is -2.73. The zero-order chi connectivity index (χ0) is 26.9.